The zero-order chi connectivity index (χ0) is 33.4. The third-order valence-corrected chi connectivity index (χ3v) is 5.11. The molecule has 244 valence electrons. The lowest BCUT2D eigenvalue weighted by molar-refractivity contribution is -0.387. The molecule has 19 heteroatoms. The van der Waals surface area contributed by atoms with Crippen LogP contribution in [0.15, 0.2) is 24.3 Å². The van der Waals surface area contributed by atoms with Crippen LogP contribution in [0.25, 0.3) is 0 Å². The number of anilines is 3. The Labute approximate surface area is 245 Å². The summed E-state index contributed by atoms with van der Waals surface area (Å²) in [6.45, 7) is -2.90. The van der Waals surface area contributed by atoms with E-state index in [0.717, 1.165) is 25.2 Å². The Morgan fingerprint density at radius 1 is 0.791 bits per heavy atom. The summed E-state index contributed by atoms with van der Waals surface area (Å²) < 4.78 is 69.2. The van der Waals surface area contributed by atoms with E-state index in [1.165, 1.54) is 0 Å². The highest BCUT2D eigenvalue weighted by Crippen LogP contribution is 2.37. The zero-order valence-electron chi connectivity index (χ0n) is 24.5. The second-order valence-electron chi connectivity index (χ2n) is 9.12. The molecule has 0 aliphatic carbocycles. The van der Waals surface area contributed by atoms with E-state index < -0.39 is 46.0 Å². The molecule has 2 aromatic carbocycles. The molecule has 2 rings (SSSR count). The topological polar surface area (TPSA) is 179 Å². The Kier molecular flexibility index (Phi) is 17.2. The third kappa shape index (κ3) is 15.0. The van der Waals surface area contributed by atoms with Crippen LogP contribution in [-0.4, -0.2) is 101 Å². The van der Waals surface area contributed by atoms with Crippen molar-refractivity contribution in [1.29, 1.82) is 0 Å². The van der Waals surface area contributed by atoms with Crippen LogP contribution < -0.4 is 31.2 Å². The first kappa shape index (κ1) is 38.8. The van der Waals surface area contributed by atoms with E-state index in [0.29, 0.717) is 25.2 Å². The van der Waals surface area contributed by atoms with Crippen molar-refractivity contribution in [2.45, 2.75) is 13.2 Å². The van der Waals surface area contributed by atoms with Crippen LogP contribution in [-0.2, 0) is 0 Å². The van der Waals surface area contributed by atoms with Crippen LogP contribution in [0.3, 0.4) is 0 Å². The number of nitrogens with two attached hydrogens (primary N) is 2. The lowest BCUT2D eigenvalue weighted by Crippen LogP contribution is -2.29. The lowest BCUT2D eigenvalue weighted by Gasteiger charge is -2.22. The van der Waals surface area contributed by atoms with Gasteiger partial charge in [-0.25, -0.2) is 0 Å². The van der Waals surface area contributed by atoms with Gasteiger partial charge in [-0.05, 0) is 35.2 Å². The molecule has 0 aliphatic heterocycles. The quantitative estimate of drug-likeness (QED) is 0.128. The normalized spacial score (nSPS) is 10.7. The fraction of sp³-hybridized carbons (Fsp3) is 0.500. The van der Waals surface area contributed by atoms with Crippen molar-refractivity contribution in [2.24, 2.45) is 0 Å². The summed E-state index contributed by atoms with van der Waals surface area (Å²) in [6.07, 6.45) is 0. The molecule has 0 fully saturated rings. The maximum absolute atomic E-state index is 12.9. The Balaban J connectivity index is 0.000000696. The van der Waals surface area contributed by atoms with Gasteiger partial charge in [-0.2, -0.15) is 22.0 Å². The molecule has 0 atom stereocenters. The monoisotopic (exact) mass is 628 g/mol. The third-order valence-electron chi connectivity index (χ3n) is 5.11. The van der Waals surface area contributed by atoms with Gasteiger partial charge in [-0.1, -0.05) is 0 Å². The number of hydrogen-bond acceptors (Lipinski definition) is 12. The predicted molar refractivity (Wildman–Crippen MR) is 153 cm³/mol. The molecule has 0 aromatic heterocycles. The van der Waals surface area contributed by atoms with Gasteiger partial charge < -0.3 is 41.0 Å². The minimum Gasteiger partial charge on any atom is -0.433 e. The summed E-state index contributed by atoms with van der Waals surface area (Å²) in [5.41, 5.74) is 9.05. The maximum Gasteiger partial charge on any atom is 0.387 e. The van der Waals surface area contributed by atoms with Gasteiger partial charge in [0.05, 0.1) is 21.2 Å². The summed E-state index contributed by atoms with van der Waals surface area (Å²) in [7, 11) is 11.4. The number of hydrogen-bond donors (Lipinski definition) is 3. The number of benzene rings is 2. The van der Waals surface area contributed by atoms with Crippen molar-refractivity contribution in [3.63, 3.8) is 0 Å². The van der Waals surface area contributed by atoms with Gasteiger partial charge >= 0.3 is 18.9 Å². The molecule has 2 aromatic rings. The molecule has 0 spiro atoms. The maximum atomic E-state index is 12.9. The van der Waals surface area contributed by atoms with Crippen molar-refractivity contribution >= 4 is 28.4 Å². The van der Waals surface area contributed by atoms with Crippen LogP contribution in [0, 0.1) is 26.0 Å². The number of nitrogens with zero attached hydrogens (tertiary/aromatic N) is 5. The van der Waals surface area contributed by atoms with E-state index in [2.05, 4.69) is 33.8 Å². The molecule has 0 heterocycles. The smallest absolute Gasteiger partial charge is 0.387 e. The van der Waals surface area contributed by atoms with Crippen molar-refractivity contribution in [2.75, 3.05) is 84.8 Å². The van der Waals surface area contributed by atoms with Crippen molar-refractivity contribution in [3.05, 3.63) is 50.3 Å². The summed E-state index contributed by atoms with van der Waals surface area (Å²) >= 11 is 0. The average molecular weight is 629 g/mol. The molecular formula is C24H37F5N8O6. The van der Waals surface area contributed by atoms with E-state index >= 15 is 0 Å². The Bertz CT molecular complexity index is 1180. The van der Waals surface area contributed by atoms with E-state index in [1.807, 2.05) is 26.0 Å². The molecule has 43 heavy (non-hydrogen) atoms. The van der Waals surface area contributed by atoms with E-state index in [1.54, 1.807) is 11.9 Å². The fourth-order valence-corrected chi connectivity index (χ4v) is 2.93. The number of ether oxygens (including phenoxy) is 2. The van der Waals surface area contributed by atoms with Gasteiger partial charge in [0.2, 0.25) is 5.82 Å². The highest BCUT2D eigenvalue weighted by molar-refractivity contribution is 5.73. The first-order valence-electron chi connectivity index (χ1n) is 12.3. The number of nitrogens with one attached hydrogen (secondary N) is 1. The van der Waals surface area contributed by atoms with E-state index in [4.69, 9.17) is 11.5 Å². The minimum atomic E-state index is -3.17. The van der Waals surface area contributed by atoms with Crippen molar-refractivity contribution in [3.8, 4) is 11.5 Å². The van der Waals surface area contributed by atoms with Crippen molar-refractivity contribution in [1.82, 2.24) is 15.1 Å². The SMILES string of the molecule is CN(C)CCN(C)c1cc(OC(F)F)c(N)cc1[N+](=O)[O-].CNCCN(C)C.Nc1cc([N+](=O)[O-])c(F)cc1OC(F)F. The minimum absolute atomic E-state index is 0.173. The molecule has 0 saturated carbocycles. The molecule has 0 bridgehead atoms. The van der Waals surface area contributed by atoms with E-state index in [-0.39, 0.29) is 22.8 Å². The van der Waals surface area contributed by atoms with Crippen LogP contribution in [0.1, 0.15) is 0 Å². The van der Waals surface area contributed by atoms with Gasteiger partial charge in [0.15, 0.2) is 11.5 Å². The number of nitro benzene ring substituents is 2. The first-order chi connectivity index (χ1) is 19.9. The molecule has 0 amide bonds. The molecule has 14 nitrogen and oxygen atoms in total. The van der Waals surface area contributed by atoms with Crippen LogP contribution in [0.2, 0.25) is 0 Å². The number of halogens is 5. The standard InChI is InChI=1S/C12H18F2N4O3.C7H5F3N2O3.C5H14N2/c1-16(2)4-5-17(3)9-7-11(21-12(13)14)8(15)6-10(9)18(19)20;8-3-1-6(15-7(9)10)4(11)2-5(3)12(13)14;1-6-4-5-7(2)3/h6-7,12H,4-5,15H2,1-3H3;1-2,7H,11H2;6H,4-5H2,1-3H3. The number of alkyl halides is 4. The number of nitro groups is 2. The average Bonchev–Trinajstić information content (AvgIpc) is 2.88. The number of rotatable bonds is 13. The summed E-state index contributed by atoms with van der Waals surface area (Å²) in [4.78, 5) is 25.3. The number of likely N-dealkylation sites (N-methyl/N-ethyl adjacent to an activating group) is 4. The summed E-state index contributed by atoms with van der Waals surface area (Å²) in [5.74, 6) is -2.19. The molecule has 0 saturated heterocycles. The Morgan fingerprint density at radius 3 is 1.60 bits per heavy atom. The highest BCUT2D eigenvalue weighted by Gasteiger charge is 2.22. The van der Waals surface area contributed by atoms with Gasteiger partial charge in [0, 0.05) is 57.5 Å². The molecule has 0 aliphatic rings. The van der Waals surface area contributed by atoms with Crippen molar-refractivity contribution < 1.29 is 41.3 Å². The molecule has 5 N–H and O–H groups in total. The van der Waals surface area contributed by atoms with Gasteiger partial charge in [-0.3, -0.25) is 20.2 Å². The Hall–Kier alpha value is -4.23. The van der Waals surface area contributed by atoms with Crippen LogP contribution >= 0.6 is 0 Å². The Morgan fingerprint density at radius 2 is 1.23 bits per heavy atom. The lowest BCUT2D eigenvalue weighted by atomic mass is 10.2. The zero-order valence-corrected chi connectivity index (χ0v) is 24.5. The molecule has 0 radical (unpaired) electrons. The summed E-state index contributed by atoms with van der Waals surface area (Å²) in [5, 5.41) is 24.4. The van der Waals surface area contributed by atoms with Crippen LogP contribution in [0.5, 0.6) is 11.5 Å². The summed E-state index contributed by atoms with van der Waals surface area (Å²) in [6, 6.07) is 3.25. The van der Waals surface area contributed by atoms with Gasteiger partial charge in [0.25, 0.3) is 5.69 Å². The van der Waals surface area contributed by atoms with Gasteiger partial charge in [-0.15, -0.1) is 0 Å². The number of nitrogen functional groups attached to an aromatic ring is 2. The van der Waals surface area contributed by atoms with E-state index in [9.17, 15) is 42.2 Å². The molecular weight excluding hydrogens is 591 g/mol. The highest BCUT2D eigenvalue weighted by atomic mass is 19.3. The fourth-order valence-electron chi connectivity index (χ4n) is 2.93. The molecule has 0 unspecified atom stereocenters. The van der Waals surface area contributed by atoms with Crippen LogP contribution in [0.4, 0.5) is 50.4 Å². The second-order valence-corrected chi connectivity index (χ2v) is 9.12. The largest absolute Gasteiger partial charge is 0.433 e. The predicted octanol–water partition coefficient (Wildman–Crippen LogP) is 3.46. The second kappa shape index (κ2) is 19.1. The first-order valence-corrected chi connectivity index (χ1v) is 12.3. The van der Waals surface area contributed by atoms with Gasteiger partial charge in [0.1, 0.15) is 5.69 Å².